The van der Waals surface area contributed by atoms with E-state index in [1.165, 1.54) is 0 Å². The predicted molar refractivity (Wildman–Crippen MR) is 88.9 cm³/mol. The Kier molecular flexibility index (Phi) is 5.31. The van der Waals surface area contributed by atoms with E-state index in [9.17, 15) is 4.79 Å². The lowest BCUT2D eigenvalue weighted by atomic mass is 9.91. The summed E-state index contributed by atoms with van der Waals surface area (Å²) in [7, 11) is 3.47. The number of guanidine groups is 1. The maximum absolute atomic E-state index is 12.6. The van der Waals surface area contributed by atoms with Crippen LogP contribution in [-0.2, 0) is 11.2 Å². The van der Waals surface area contributed by atoms with E-state index in [1.54, 1.807) is 19.0 Å². The minimum absolute atomic E-state index is 0.0963. The zero-order chi connectivity index (χ0) is 15.9. The highest BCUT2D eigenvalue weighted by Gasteiger charge is 2.22. The van der Waals surface area contributed by atoms with Crippen molar-refractivity contribution >= 4 is 11.9 Å². The first kappa shape index (κ1) is 15.8. The summed E-state index contributed by atoms with van der Waals surface area (Å²) in [6.07, 6.45) is 0.609. The van der Waals surface area contributed by atoms with Crippen LogP contribution in [0.5, 0.6) is 0 Å². The minimum atomic E-state index is -0.316. The normalized spacial score (nSPS) is 11.5. The maximum atomic E-state index is 12.6. The van der Waals surface area contributed by atoms with E-state index in [2.05, 4.69) is 5.32 Å². The Labute approximate surface area is 131 Å². The van der Waals surface area contributed by atoms with E-state index in [0.29, 0.717) is 6.42 Å². The van der Waals surface area contributed by atoms with Gasteiger partial charge in [-0.25, -0.2) is 0 Å². The first-order valence-corrected chi connectivity index (χ1v) is 7.23. The first-order chi connectivity index (χ1) is 10.6. The van der Waals surface area contributed by atoms with Crippen molar-refractivity contribution in [2.24, 2.45) is 0 Å². The van der Waals surface area contributed by atoms with Gasteiger partial charge in [0, 0.05) is 14.1 Å². The van der Waals surface area contributed by atoms with Gasteiger partial charge < -0.3 is 4.90 Å². The molecule has 0 fully saturated rings. The Morgan fingerprint density at radius 2 is 1.59 bits per heavy atom. The predicted octanol–water partition coefficient (Wildman–Crippen LogP) is 2.63. The molecule has 2 N–H and O–H groups in total. The Hall–Kier alpha value is -2.62. The second kappa shape index (κ2) is 7.41. The summed E-state index contributed by atoms with van der Waals surface area (Å²) in [6.45, 7) is 0. The number of amides is 1. The number of nitrogens with zero attached hydrogens (tertiary/aromatic N) is 1. The van der Waals surface area contributed by atoms with Gasteiger partial charge in [0.1, 0.15) is 0 Å². The number of rotatable bonds is 4. The molecule has 22 heavy (non-hydrogen) atoms. The van der Waals surface area contributed by atoms with Crippen molar-refractivity contribution in [1.82, 2.24) is 10.2 Å². The molecule has 0 aliphatic rings. The van der Waals surface area contributed by atoms with Crippen molar-refractivity contribution in [2.45, 2.75) is 12.3 Å². The topological polar surface area (TPSA) is 56.2 Å². The standard InChI is InChI=1S/C18H21N3O/c1-21(2)18(19)20-17(22)16(15-11-7-4-8-12-15)13-14-9-5-3-6-10-14/h3-12,16H,13H2,1-2H3,(H2,19,20,22)/t16-/m0/s1. The molecular formula is C18H21N3O. The number of hydrogen-bond acceptors (Lipinski definition) is 2. The monoisotopic (exact) mass is 295 g/mol. The molecule has 114 valence electrons. The molecule has 0 aromatic heterocycles. The number of benzene rings is 2. The van der Waals surface area contributed by atoms with Gasteiger partial charge in [-0.1, -0.05) is 60.7 Å². The van der Waals surface area contributed by atoms with Crippen LogP contribution in [0.15, 0.2) is 60.7 Å². The molecule has 0 radical (unpaired) electrons. The second-order valence-corrected chi connectivity index (χ2v) is 5.39. The van der Waals surface area contributed by atoms with E-state index < -0.39 is 0 Å². The first-order valence-electron chi connectivity index (χ1n) is 7.23. The van der Waals surface area contributed by atoms with Gasteiger partial charge in [0.05, 0.1) is 5.92 Å². The van der Waals surface area contributed by atoms with Crippen molar-refractivity contribution < 1.29 is 4.79 Å². The van der Waals surface area contributed by atoms with Crippen LogP contribution in [0.4, 0.5) is 0 Å². The summed E-state index contributed by atoms with van der Waals surface area (Å²) in [6, 6.07) is 19.6. The van der Waals surface area contributed by atoms with Gasteiger partial charge in [-0.15, -0.1) is 0 Å². The molecule has 1 amide bonds. The molecule has 4 nitrogen and oxygen atoms in total. The molecule has 2 rings (SSSR count). The third kappa shape index (κ3) is 4.19. The molecule has 0 aliphatic carbocycles. The van der Waals surface area contributed by atoms with Crippen LogP contribution in [0, 0.1) is 5.41 Å². The van der Waals surface area contributed by atoms with E-state index in [-0.39, 0.29) is 17.8 Å². The third-order valence-electron chi connectivity index (χ3n) is 3.49. The van der Waals surface area contributed by atoms with Gasteiger partial charge >= 0.3 is 0 Å². The molecule has 4 heteroatoms. The Morgan fingerprint density at radius 1 is 1.05 bits per heavy atom. The van der Waals surface area contributed by atoms with Crippen LogP contribution in [0.1, 0.15) is 17.0 Å². The maximum Gasteiger partial charge on any atom is 0.234 e. The van der Waals surface area contributed by atoms with Crippen LogP contribution in [0.25, 0.3) is 0 Å². The van der Waals surface area contributed by atoms with Crippen LogP contribution >= 0.6 is 0 Å². The fourth-order valence-corrected chi connectivity index (χ4v) is 2.21. The molecule has 0 bridgehead atoms. The van der Waals surface area contributed by atoms with Crippen LogP contribution in [0.3, 0.4) is 0 Å². The molecule has 2 aromatic carbocycles. The number of carbonyl (C=O) groups excluding carboxylic acids is 1. The number of carbonyl (C=O) groups is 1. The van der Waals surface area contributed by atoms with Crippen molar-refractivity contribution in [1.29, 1.82) is 5.41 Å². The van der Waals surface area contributed by atoms with Crippen LogP contribution in [-0.4, -0.2) is 30.9 Å². The summed E-state index contributed by atoms with van der Waals surface area (Å²) < 4.78 is 0. The summed E-state index contributed by atoms with van der Waals surface area (Å²) in [5.41, 5.74) is 2.05. The molecular weight excluding hydrogens is 274 g/mol. The van der Waals surface area contributed by atoms with Crippen LogP contribution < -0.4 is 5.32 Å². The van der Waals surface area contributed by atoms with E-state index in [1.807, 2.05) is 60.7 Å². The molecule has 0 heterocycles. The zero-order valence-electron chi connectivity index (χ0n) is 12.9. The van der Waals surface area contributed by atoms with Crippen LogP contribution in [0.2, 0.25) is 0 Å². The van der Waals surface area contributed by atoms with Gasteiger partial charge in [0.15, 0.2) is 5.96 Å². The largest absolute Gasteiger partial charge is 0.349 e. The summed E-state index contributed by atoms with van der Waals surface area (Å²) in [5, 5.41) is 10.5. The van der Waals surface area contributed by atoms with Crippen molar-refractivity contribution in [3.05, 3.63) is 71.8 Å². The fourth-order valence-electron chi connectivity index (χ4n) is 2.21. The average Bonchev–Trinajstić information content (AvgIpc) is 2.54. The third-order valence-corrected chi connectivity index (χ3v) is 3.49. The number of nitrogens with one attached hydrogen (secondary N) is 2. The fraction of sp³-hybridized carbons (Fsp3) is 0.222. The SMILES string of the molecule is CN(C)C(=N)NC(=O)[C@@H](Cc1ccccc1)c1ccccc1. The summed E-state index contributed by atoms with van der Waals surface area (Å²) in [4.78, 5) is 14.2. The second-order valence-electron chi connectivity index (χ2n) is 5.39. The Bertz CT molecular complexity index is 623. The van der Waals surface area contributed by atoms with Gasteiger partial charge in [-0.3, -0.25) is 15.5 Å². The van der Waals surface area contributed by atoms with Gasteiger partial charge in [-0.2, -0.15) is 0 Å². The lowest BCUT2D eigenvalue weighted by Crippen LogP contribution is -2.42. The molecule has 0 saturated heterocycles. The molecule has 1 atom stereocenters. The van der Waals surface area contributed by atoms with Crippen molar-refractivity contribution in [3.63, 3.8) is 0 Å². The quantitative estimate of drug-likeness (QED) is 0.673. The lowest BCUT2D eigenvalue weighted by Gasteiger charge is -2.20. The smallest absolute Gasteiger partial charge is 0.234 e. The van der Waals surface area contributed by atoms with Gasteiger partial charge in [-0.05, 0) is 17.5 Å². The highest BCUT2D eigenvalue weighted by atomic mass is 16.2. The highest BCUT2D eigenvalue weighted by molar-refractivity contribution is 5.98. The minimum Gasteiger partial charge on any atom is -0.349 e. The van der Waals surface area contributed by atoms with E-state index in [4.69, 9.17) is 5.41 Å². The lowest BCUT2D eigenvalue weighted by molar-refractivity contribution is -0.121. The summed E-state index contributed by atoms with van der Waals surface area (Å²) in [5.74, 6) is -0.378. The molecule has 0 aliphatic heterocycles. The van der Waals surface area contributed by atoms with E-state index in [0.717, 1.165) is 11.1 Å². The van der Waals surface area contributed by atoms with Crippen molar-refractivity contribution in [3.8, 4) is 0 Å². The van der Waals surface area contributed by atoms with Gasteiger partial charge in [0.25, 0.3) is 0 Å². The molecule has 0 saturated carbocycles. The highest BCUT2D eigenvalue weighted by Crippen LogP contribution is 2.21. The zero-order valence-corrected chi connectivity index (χ0v) is 12.9. The molecule has 0 spiro atoms. The number of hydrogen-bond donors (Lipinski definition) is 2. The van der Waals surface area contributed by atoms with E-state index >= 15 is 0 Å². The average molecular weight is 295 g/mol. The van der Waals surface area contributed by atoms with Crippen molar-refractivity contribution in [2.75, 3.05) is 14.1 Å². The molecule has 2 aromatic rings. The molecule has 0 unspecified atom stereocenters. The Morgan fingerprint density at radius 3 is 2.14 bits per heavy atom. The van der Waals surface area contributed by atoms with Gasteiger partial charge in [0.2, 0.25) is 5.91 Å². The summed E-state index contributed by atoms with van der Waals surface area (Å²) >= 11 is 0. The Balaban J connectivity index is 2.22.